The number of carbonyl (C=O) groups is 2. The molecule has 1 aliphatic rings. The van der Waals surface area contributed by atoms with Crippen molar-refractivity contribution in [3.8, 4) is 34.4 Å². The van der Waals surface area contributed by atoms with E-state index in [4.69, 9.17) is 23.5 Å². The molecule has 0 aliphatic carbocycles. The zero-order valence-corrected chi connectivity index (χ0v) is 26.5. The summed E-state index contributed by atoms with van der Waals surface area (Å²) >= 11 is 0. The smallest absolute Gasteiger partial charge is 0.253 e. The lowest BCUT2D eigenvalue weighted by atomic mass is 9.95. The average molecular weight is 630 g/mol. The summed E-state index contributed by atoms with van der Waals surface area (Å²) in [6.45, 7) is 2.31. The van der Waals surface area contributed by atoms with Crippen LogP contribution in [0.25, 0.3) is 11.4 Å². The molecule has 1 aliphatic heterocycles. The number of aromatic nitrogens is 2. The molecule has 0 radical (unpaired) electrons. The van der Waals surface area contributed by atoms with Crippen molar-refractivity contribution < 1.29 is 33.1 Å². The molecule has 0 atom stereocenters. The molecule has 1 saturated heterocycles. The first-order chi connectivity index (χ1) is 22.4. The molecule has 3 aromatic carbocycles. The normalized spacial score (nSPS) is 13.6. The summed E-state index contributed by atoms with van der Waals surface area (Å²) in [5.41, 5.74) is 2.67. The van der Waals surface area contributed by atoms with E-state index in [0.29, 0.717) is 91.4 Å². The Kier molecular flexibility index (Phi) is 10.7. The monoisotopic (exact) mass is 629 g/mol. The van der Waals surface area contributed by atoms with Gasteiger partial charge in [-0.3, -0.25) is 14.5 Å². The van der Waals surface area contributed by atoms with Crippen LogP contribution in [0.15, 0.2) is 65.2 Å². The summed E-state index contributed by atoms with van der Waals surface area (Å²) in [4.78, 5) is 33.0. The molecule has 4 aromatic rings. The summed E-state index contributed by atoms with van der Waals surface area (Å²) in [5, 5.41) is 10.1. The van der Waals surface area contributed by atoms with Crippen molar-refractivity contribution in [3.05, 3.63) is 77.7 Å². The SMILES string of the molecule is COc1ccc(CCNC(=O)c2ccccc2NC(=O)C2CCN(Cc3nc(-c4ccc(OC)c(OC)c4)no3)CC2)cc1OC. The first kappa shape index (κ1) is 32.3. The molecular formula is C34H39N5O7. The van der Waals surface area contributed by atoms with Gasteiger partial charge < -0.3 is 34.1 Å². The van der Waals surface area contributed by atoms with Crippen LogP contribution in [0, 0.1) is 5.92 Å². The minimum absolute atomic E-state index is 0.0984. The average Bonchev–Trinajstić information content (AvgIpc) is 3.56. The van der Waals surface area contributed by atoms with Crippen molar-refractivity contribution in [1.29, 1.82) is 0 Å². The summed E-state index contributed by atoms with van der Waals surface area (Å²) in [6, 6.07) is 18.2. The van der Waals surface area contributed by atoms with E-state index < -0.39 is 0 Å². The molecule has 0 spiro atoms. The molecule has 46 heavy (non-hydrogen) atoms. The molecule has 2 N–H and O–H groups in total. The highest BCUT2D eigenvalue weighted by molar-refractivity contribution is 6.04. The van der Waals surface area contributed by atoms with Crippen molar-refractivity contribution in [2.45, 2.75) is 25.8 Å². The van der Waals surface area contributed by atoms with Gasteiger partial charge in [-0.2, -0.15) is 4.98 Å². The van der Waals surface area contributed by atoms with E-state index in [0.717, 1.165) is 11.1 Å². The third-order valence-corrected chi connectivity index (χ3v) is 8.00. The van der Waals surface area contributed by atoms with E-state index in [1.807, 2.05) is 24.3 Å². The maximum Gasteiger partial charge on any atom is 0.253 e. The summed E-state index contributed by atoms with van der Waals surface area (Å²) < 4.78 is 26.8. The highest BCUT2D eigenvalue weighted by Gasteiger charge is 2.27. The molecule has 0 unspecified atom stereocenters. The van der Waals surface area contributed by atoms with Gasteiger partial charge in [-0.05, 0) is 80.4 Å². The number of carbonyl (C=O) groups excluding carboxylic acids is 2. The summed E-state index contributed by atoms with van der Waals surface area (Å²) in [6.07, 6.45) is 1.95. The van der Waals surface area contributed by atoms with Gasteiger partial charge in [-0.15, -0.1) is 0 Å². The minimum Gasteiger partial charge on any atom is -0.493 e. The standard InChI is InChI=1S/C34H39N5O7/c1-42-27-11-9-22(19-29(27)44-3)13-16-35-34(41)25-7-5-6-8-26(25)36-33(40)23-14-17-39(18-15-23)21-31-37-32(38-46-31)24-10-12-28(43-2)30(20-24)45-4/h5-12,19-20,23H,13-18,21H2,1-4H3,(H,35,41)(H,36,40). The Morgan fingerprint density at radius 2 is 1.54 bits per heavy atom. The number of ether oxygens (including phenoxy) is 4. The Morgan fingerprint density at radius 3 is 2.26 bits per heavy atom. The molecule has 242 valence electrons. The van der Waals surface area contributed by atoms with Gasteiger partial charge in [0.2, 0.25) is 17.6 Å². The number of rotatable bonds is 13. The Hall–Kier alpha value is -5.10. The number of likely N-dealkylation sites (tertiary alicyclic amines) is 1. The fourth-order valence-corrected chi connectivity index (χ4v) is 5.43. The molecule has 12 heteroatoms. The van der Waals surface area contributed by atoms with Gasteiger partial charge in [-0.25, -0.2) is 0 Å². The topological polar surface area (TPSA) is 137 Å². The molecule has 12 nitrogen and oxygen atoms in total. The Balaban J connectivity index is 1.11. The fraction of sp³-hybridized carbons (Fsp3) is 0.353. The van der Waals surface area contributed by atoms with Gasteiger partial charge in [0.05, 0.1) is 46.2 Å². The van der Waals surface area contributed by atoms with Crippen molar-refractivity contribution in [2.24, 2.45) is 5.92 Å². The van der Waals surface area contributed by atoms with Gasteiger partial charge in [-0.1, -0.05) is 23.4 Å². The molecule has 1 fully saturated rings. The zero-order valence-electron chi connectivity index (χ0n) is 26.5. The first-order valence-corrected chi connectivity index (χ1v) is 15.1. The fourth-order valence-electron chi connectivity index (χ4n) is 5.43. The number of piperidine rings is 1. The Bertz CT molecular complexity index is 1650. The highest BCUT2D eigenvalue weighted by atomic mass is 16.5. The van der Waals surface area contributed by atoms with Crippen LogP contribution in [0.4, 0.5) is 5.69 Å². The van der Waals surface area contributed by atoms with E-state index in [2.05, 4.69) is 25.7 Å². The number of anilines is 1. The van der Waals surface area contributed by atoms with Crippen LogP contribution < -0.4 is 29.6 Å². The zero-order chi connectivity index (χ0) is 32.5. The van der Waals surface area contributed by atoms with Gasteiger partial charge in [0, 0.05) is 18.0 Å². The molecule has 2 amide bonds. The van der Waals surface area contributed by atoms with E-state index >= 15 is 0 Å². The predicted molar refractivity (Wildman–Crippen MR) is 171 cm³/mol. The van der Waals surface area contributed by atoms with Crippen molar-refractivity contribution in [1.82, 2.24) is 20.4 Å². The van der Waals surface area contributed by atoms with Crippen LogP contribution >= 0.6 is 0 Å². The molecule has 1 aromatic heterocycles. The summed E-state index contributed by atoms with van der Waals surface area (Å²) in [5.74, 6) is 2.93. The Morgan fingerprint density at radius 1 is 0.870 bits per heavy atom. The number of amides is 2. The quantitative estimate of drug-likeness (QED) is 0.216. The van der Waals surface area contributed by atoms with Crippen LogP contribution in [0.1, 0.15) is 34.7 Å². The second-order valence-corrected chi connectivity index (χ2v) is 10.9. The number of hydrogen-bond acceptors (Lipinski definition) is 10. The van der Waals surface area contributed by atoms with Gasteiger partial charge in [0.25, 0.3) is 5.91 Å². The maximum absolute atomic E-state index is 13.2. The van der Waals surface area contributed by atoms with E-state index in [1.165, 1.54) is 0 Å². The lowest BCUT2D eigenvalue weighted by Crippen LogP contribution is -2.38. The van der Waals surface area contributed by atoms with Gasteiger partial charge >= 0.3 is 0 Å². The largest absolute Gasteiger partial charge is 0.493 e. The van der Waals surface area contributed by atoms with Crippen LogP contribution in [0.3, 0.4) is 0 Å². The molecular weight excluding hydrogens is 590 g/mol. The third kappa shape index (κ3) is 7.75. The van der Waals surface area contributed by atoms with Crippen molar-refractivity contribution in [2.75, 3.05) is 53.4 Å². The second kappa shape index (κ2) is 15.3. The van der Waals surface area contributed by atoms with E-state index in [-0.39, 0.29) is 17.7 Å². The number of nitrogens with zero attached hydrogens (tertiary/aromatic N) is 3. The van der Waals surface area contributed by atoms with Crippen LogP contribution in [-0.2, 0) is 17.8 Å². The van der Waals surface area contributed by atoms with Gasteiger partial charge in [0.1, 0.15) is 0 Å². The molecule has 2 heterocycles. The van der Waals surface area contributed by atoms with Crippen molar-refractivity contribution in [3.63, 3.8) is 0 Å². The predicted octanol–water partition coefficient (Wildman–Crippen LogP) is 4.59. The molecule has 0 bridgehead atoms. The van der Waals surface area contributed by atoms with Crippen LogP contribution in [-0.4, -0.2) is 74.9 Å². The highest BCUT2D eigenvalue weighted by Crippen LogP contribution is 2.32. The number of para-hydroxylation sites is 1. The number of methoxy groups -OCH3 is 4. The second-order valence-electron chi connectivity index (χ2n) is 10.9. The lowest BCUT2D eigenvalue weighted by Gasteiger charge is -2.30. The van der Waals surface area contributed by atoms with Crippen LogP contribution in [0.2, 0.25) is 0 Å². The third-order valence-electron chi connectivity index (χ3n) is 8.00. The van der Waals surface area contributed by atoms with Crippen LogP contribution in [0.5, 0.6) is 23.0 Å². The molecule has 0 saturated carbocycles. The Labute approximate surface area is 268 Å². The van der Waals surface area contributed by atoms with E-state index in [9.17, 15) is 9.59 Å². The minimum atomic E-state index is -0.252. The van der Waals surface area contributed by atoms with Crippen molar-refractivity contribution >= 4 is 17.5 Å². The lowest BCUT2D eigenvalue weighted by molar-refractivity contribution is -0.121. The van der Waals surface area contributed by atoms with Gasteiger partial charge in [0.15, 0.2) is 23.0 Å². The van der Waals surface area contributed by atoms with E-state index in [1.54, 1.807) is 64.8 Å². The summed E-state index contributed by atoms with van der Waals surface area (Å²) in [7, 11) is 6.34. The molecule has 5 rings (SSSR count). The maximum atomic E-state index is 13.2. The number of hydrogen-bond donors (Lipinski definition) is 2. The first-order valence-electron chi connectivity index (χ1n) is 15.1. The number of benzene rings is 3. The number of nitrogens with one attached hydrogen (secondary N) is 2.